The summed E-state index contributed by atoms with van der Waals surface area (Å²) < 4.78 is 19.6. The number of aryl methyl sites for hydroxylation is 1. The number of Topliss-reactive ketones (excluding diaryl/α,β-unsaturated/α-hetero) is 1. The van der Waals surface area contributed by atoms with Gasteiger partial charge in [0.05, 0.1) is 12.0 Å². The number of nitrogens with zero attached hydrogens (tertiary/aromatic N) is 4. The molecule has 3 rings (SSSR count). The van der Waals surface area contributed by atoms with Gasteiger partial charge in [-0.25, -0.2) is 0 Å². The van der Waals surface area contributed by atoms with E-state index in [0.29, 0.717) is 35.5 Å². The molecule has 3 aromatic heterocycles. The maximum absolute atomic E-state index is 12.6. The smallest absolute Gasteiger partial charge is 0.316 e. The Bertz CT molecular complexity index is 1060. The van der Waals surface area contributed by atoms with E-state index in [1.54, 1.807) is 25.5 Å². The van der Waals surface area contributed by atoms with Crippen molar-refractivity contribution in [3.63, 3.8) is 0 Å². The summed E-state index contributed by atoms with van der Waals surface area (Å²) in [6.45, 7) is 7.58. The summed E-state index contributed by atoms with van der Waals surface area (Å²) >= 11 is 1.21. The number of ketones is 1. The molecule has 0 aliphatic carbocycles. The fourth-order valence-corrected chi connectivity index (χ4v) is 4.25. The maximum atomic E-state index is 12.6. The minimum atomic E-state index is -0.484. The Morgan fingerprint density at radius 3 is 2.72 bits per heavy atom. The normalized spacial score (nSPS) is 11.1. The van der Waals surface area contributed by atoms with Crippen LogP contribution in [0.5, 0.6) is 0 Å². The Morgan fingerprint density at radius 2 is 2.03 bits per heavy atom. The average molecular weight is 461 g/mol. The first-order valence-corrected chi connectivity index (χ1v) is 11.4. The van der Waals surface area contributed by atoms with Crippen LogP contribution < -0.4 is 0 Å². The Kier molecular flexibility index (Phi) is 8.29. The quantitative estimate of drug-likeness (QED) is 0.175. The third-order valence-electron chi connectivity index (χ3n) is 5.06. The highest BCUT2D eigenvalue weighted by Crippen LogP contribution is 2.24. The predicted molar refractivity (Wildman–Crippen MR) is 120 cm³/mol. The minimum Gasteiger partial charge on any atom is -0.461 e. The molecule has 172 valence electrons. The van der Waals surface area contributed by atoms with Crippen LogP contribution in [0.15, 0.2) is 34.0 Å². The fourth-order valence-electron chi connectivity index (χ4n) is 3.45. The van der Waals surface area contributed by atoms with Gasteiger partial charge in [0.2, 0.25) is 5.78 Å². The molecule has 0 aliphatic rings. The molecule has 10 heteroatoms. The lowest BCUT2D eigenvalue weighted by Gasteiger charge is -2.09. The molecule has 0 atom stereocenters. The van der Waals surface area contributed by atoms with E-state index in [4.69, 9.17) is 13.9 Å². The third kappa shape index (κ3) is 5.49. The van der Waals surface area contributed by atoms with E-state index in [-0.39, 0.29) is 18.1 Å². The molecule has 0 aliphatic heterocycles. The van der Waals surface area contributed by atoms with Crippen molar-refractivity contribution < 1.29 is 23.5 Å². The topological polar surface area (TPSA) is 101 Å². The molecule has 0 N–H and O–H groups in total. The molecule has 3 heterocycles. The lowest BCUT2D eigenvalue weighted by atomic mass is 10.1. The molecular weight excluding hydrogens is 432 g/mol. The van der Waals surface area contributed by atoms with Gasteiger partial charge in [-0.3, -0.25) is 14.2 Å². The van der Waals surface area contributed by atoms with Crippen molar-refractivity contribution in [1.82, 2.24) is 19.3 Å². The van der Waals surface area contributed by atoms with Crippen LogP contribution >= 0.6 is 11.8 Å². The van der Waals surface area contributed by atoms with Crippen LogP contribution in [0.2, 0.25) is 0 Å². The molecule has 0 saturated carbocycles. The Balaban J connectivity index is 1.53. The molecular formula is C22H28N4O5S. The van der Waals surface area contributed by atoms with E-state index in [9.17, 15) is 9.59 Å². The van der Waals surface area contributed by atoms with Crippen LogP contribution in [-0.2, 0) is 27.4 Å². The first-order valence-electron chi connectivity index (χ1n) is 10.4. The first kappa shape index (κ1) is 23.8. The third-order valence-corrected chi connectivity index (χ3v) is 6.00. The summed E-state index contributed by atoms with van der Waals surface area (Å²) in [5.74, 6) is 0.539. The van der Waals surface area contributed by atoms with Crippen LogP contribution in [-0.4, -0.2) is 57.2 Å². The molecule has 0 fully saturated rings. The fraction of sp³-hybridized carbons (Fsp3) is 0.455. The molecule has 0 saturated heterocycles. The molecule has 0 bridgehead atoms. The van der Waals surface area contributed by atoms with Crippen molar-refractivity contribution >= 4 is 23.5 Å². The predicted octanol–water partition coefficient (Wildman–Crippen LogP) is 3.53. The largest absolute Gasteiger partial charge is 0.461 e. The lowest BCUT2D eigenvalue weighted by molar-refractivity contribution is -0.139. The molecule has 32 heavy (non-hydrogen) atoms. The second-order valence-corrected chi connectivity index (χ2v) is 8.13. The van der Waals surface area contributed by atoms with Crippen molar-refractivity contribution in [3.8, 4) is 11.6 Å². The number of furan rings is 1. The molecule has 3 aromatic rings. The second-order valence-electron chi connectivity index (χ2n) is 7.18. The van der Waals surface area contributed by atoms with Gasteiger partial charge >= 0.3 is 5.97 Å². The van der Waals surface area contributed by atoms with E-state index in [1.165, 1.54) is 11.8 Å². The number of rotatable bonds is 12. The maximum Gasteiger partial charge on any atom is 0.316 e. The number of carbonyl (C=O) groups is 2. The summed E-state index contributed by atoms with van der Waals surface area (Å²) in [6.07, 6.45) is 2.43. The second kappa shape index (κ2) is 11.1. The van der Waals surface area contributed by atoms with Crippen molar-refractivity contribution in [2.45, 2.75) is 45.4 Å². The number of hydrogen-bond donors (Lipinski definition) is 0. The minimum absolute atomic E-state index is 0.0274. The first-order chi connectivity index (χ1) is 15.5. The zero-order valence-electron chi connectivity index (χ0n) is 18.8. The highest BCUT2D eigenvalue weighted by molar-refractivity contribution is 7.99. The van der Waals surface area contributed by atoms with Crippen LogP contribution in [0.1, 0.15) is 35.1 Å². The van der Waals surface area contributed by atoms with E-state index in [0.717, 1.165) is 24.4 Å². The van der Waals surface area contributed by atoms with Gasteiger partial charge in [-0.2, -0.15) is 0 Å². The summed E-state index contributed by atoms with van der Waals surface area (Å²) in [5.41, 5.74) is 2.44. The molecule has 0 unspecified atom stereocenters. The summed E-state index contributed by atoms with van der Waals surface area (Å²) in [7, 11) is 1.67. The number of thioether (sulfide) groups is 1. The van der Waals surface area contributed by atoms with Crippen LogP contribution in [0.4, 0.5) is 0 Å². The van der Waals surface area contributed by atoms with E-state index in [1.807, 2.05) is 31.4 Å². The zero-order valence-corrected chi connectivity index (χ0v) is 19.6. The lowest BCUT2D eigenvalue weighted by Crippen LogP contribution is -2.16. The molecule has 0 amide bonds. The van der Waals surface area contributed by atoms with Crippen molar-refractivity contribution in [1.29, 1.82) is 0 Å². The molecule has 0 aromatic carbocycles. The van der Waals surface area contributed by atoms with Crippen molar-refractivity contribution in [2.75, 3.05) is 26.1 Å². The van der Waals surface area contributed by atoms with E-state index >= 15 is 0 Å². The van der Waals surface area contributed by atoms with Gasteiger partial charge in [0, 0.05) is 43.8 Å². The monoisotopic (exact) mass is 460 g/mol. The van der Waals surface area contributed by atoms with Crippen LogP contribution in [0.3, 0.4) is 0 Å². The van der Waals surface area contributed by atoms with Gasteiger partial charge in [-0.15, -0.1) is 10.2 Å². The Hall–Kier alpha value is -2.85. The Labute approximate surface area is 191 Å². The highest BCUT2D eigenvalue weighted by Gasteiger charge is 2.19. The number of methoxy groups -OCH3 is 1. The average Bonchev–Trinajstić information content (AvgIpc) is 3.51. The van der Waals surface area contributed by atoms with Crippen LogP contribution in [0, 0.1) is 13.8 Å². The van der Waals surface area contributed by atoms with Gasteiger partial charge in [-0.05, 0) is 45.4 Å². The van der Waals surface area contributed by atoms with Gasteiger partial charge in [0.15, 0.2) is 23.3 Å². The standard InChI is InChI=1S/C22H28N4O5S/c1-5-25-21(19-8-6-11-30-19)23-24-22(25)32-14-20(28)31-13-18(27)17-12-15(2)26(16(17)3)9-7-10-29-4/h6,8,11-12H,5,7,9-10,13-14H2,1-4H3. The van der Waals surface area contributed by atoms with Gasteiger partial charge in [-0.1, -0.05) is 11.8 Å². The van der Waals surface area contributed by atoms with Gasteiger partial charge in [0.25, 0.3) is 0 Å². The molecule has 9 nitrogen and oxygen atoms in total. The summed E-state index contributed by atoms with van der Waals surface area (Å²) in [5, 5.41) is 8.88. The SMILES string of the molecule is CCn1c(SCC(=O)OCC(=O)c2cc(C)n(CCCOC)c2C)nnc1-c1ccco1. The zero-order chi connectivity index (χ0) is 23.1. The van der Waals surface area contributed by atoms with E-state index < -0.39 is 5.97 Å². The Morgan fingerprint density at radius 1 is 1.22 bits per heavy atom. The number of ether oxygens (including phenoxy) is 2. The molecule has 0 radical (unpaired) electrons. The number of esters is 1. The van der Waals surface area contributed by atoms with Crippen LogP contribution in [0.25, 0.3) is 11.6 Å². The summed E-state index contributed by atoms with van der Waals surface area (Å²) in [6, 6.07) is 5.42. The summed E-state index contributed by atoms with van der Waals surface area (Å²) in [4.78, 5) is 24.8. The van der Waals surface area contributed by atoms with Gasteiger partial charge < -0.3 is 18.5 Å². The van der Waals surface area contributed by atoms with Gasteiger partial charge in [0.1, 0.15) is 0 Å². The number of carbonyl (C=O) groups excluding carboxylic acids is 2. The highest BCUT2D eigenvalue weighted by atomic mass is 32.2. The number of hydrogen-bond acceptors (Lipinski definition) is 8. The van der Waals surface area contributed by atoms with Crippen molar-refractivity contribution in [3.05, 3.63) is 41.4 Å². The van der Waals surface area contributed by atoms with Crippen molar-refractivity contribution in [2.24, 2.45) is 0 Å². The molecule has 0 spiro atoms. The van der Waals surface area contributed by atoms with E-state index in [2.05, 4.69) is 14.8 Å². The number of aromatic nitrogens is 4.